The van der Waals surface area contributed by atoms with Gasteiger partial charge in [-0.3, -0.25) is 14.4 Å². The van der Waals surface area contributed by atoms with Crippen LogP contribution in [-0.4, -0.2) is 49.6 Å². The number of rotatable bonds is 12. The number of esters is 1. The van der Waals surface area contributed by atoms with E-state index in [4.69, 9.17) is 9.47 Å². The minimum Gasteiger partial charge on any atom is -0.468 e. The molecule has 4 rings (SSSR count). The molecule has 2 aromatic rings. The second-order valence-corrected chi connectivity index (χ2v) is 12.0. The number of nitrogens with one attached hydrogen (secondary N) is 1. The van der Waals surface area contributed by atoms with Crippen LogP contribution < -0.4 is 5.32 Å². The summed E-state index contributed by atoms with van der Waals surface area (Å²) < 4.78 is 11.0. The normalized spacial score (nSPS) is 22.0. The van der Waals surface area contributed by atoms with Gasteiger partial charge in [0.1, 0.15) is 5.41 Å². The lowest BCUT2D eigenvalue weighted by molar-refractivity contribution is -0.162. The molecule has 1 saturated heterocycles. The molecule has 0 aromatic heterocycles. The third-order valence-electron chi connectivity index (χ3n) is 8.27. The van der Waals surface area contributed by atoms with Crippen LogP contribution in [0.4, 0.5) is 0 Å². The zero-order valence-corrected chi connectivity index (χ0v) is 24.5. The molecule has 1 N–H and O–H groups in total. The smallest absolute Gasteiger partial charge is 0.317 e. The second kappa shape index (κ2) is 13.0. The summed E-state index contributed by atoms with van der Waals surface area (Å²) in [6.45, 7) is 8.55. The quantitative estimate of drug-likeness (QED) is 0.269. The van der Waals surface area contributed by atoms with Crippen molar-refractivity contribution in [3.05, 3.63) is 59.8 Å². The summed E-state index contributed by atoms with van der Waals surface area (Å²) in [4.78, 5) is 42.4. The zero-order valence-electron chi connectivity index (χ0n) is 24.5. The average Bonchev–Trinajstić information content (AvgIpc) is 2.94. The summed E-state index contributed by atoms with van der Waals surface area (Å²) in [5.41, 5.74) is 0.600. The van der Waals surface area contributed by atoms with Crippen LogP contribution in [0.1, 0.15) is 71.3 Å². The molecule has 1 fully saturated rings. The van der Waals surface area contributed by atoms with Gasteiger partial charge in [-0.1, -0.05) is 75.7 Å². The van der Waals surface area contributed by atoms with Crippen LogP contribution in [0.3, 0.4) is 0 Å². The monoisotopic (exact) mass is 548 g/mol. The minimum atomic E-state index is -0.979. The number of benzene rings is 2. The van der Waals surface area contributed by atoms with E-state index in [1.54, 1.807) is 4.90 Å². The SMILES string of the molecule is CCCCOCCCNC(=O)C[C@@H]1C[C@@]2(C(=O)OC)CC(C)(C)CC=C2N(Cc2cccc3ccccc23)C1=O. The number of hydrogen-bond donors (Lipinski definition) is 1. The first-order valence-electron chi connectivity index (χ1n) is 14.6. The van der Waals surface area contributed by atoms with Gasteiger partial charge in [0.05, 0.1) is 13.7 Å². The van der Waals surface area contributed by atoms with E-state index in [2.05, 4.69) is 50.4 Å². The van der Waals surface area contributed by atoms with Crippen LogP contribution >= 0.6 is 0 Å². The third kappa shape index (κ3) is 6.57. The number of carbonyl (C=O) groups is 3. The topological polar surface area (TPSA) is 84.9 Å². The minimum absolute atomic E-state index is 0.0357. The first-order chi connectivity index (χ1) is 19.2. The van der Waals surface area contributed by atoms with Crippen molar-refractivity contribution in [2.24, 2.45) is 16.7 Å². The number of hydrogen-bond acceptors (Lipinski definition) is 5. The highest BCUT2D eigenvalue weighted by molar-refractivity contribution is 5.93. The average molecular weight is 549 g/mol. The molecule has 2 aliphatic rings. The van der Waals surface area contributed by atoms with E-state index in [0.29, 0.717) is 32.5 Å². The Morgan fingerprint density at radius 1 is 1.07 bits per heavy atom. The summed E-state index contributed by atoms with van der Waals surface area (Å²) in [6.07, 6.45) is 6.51. The molecule has 1 aliphatic heterocycles. The first kappa shape index (κ1) is 29.8. The van der Waals surface area contributed by atoms with Crippen molar-refractivity contribution < 1.29 is 23.9 Å². The molecule has 7 nitrogen and oxygen atoms in total. The van der Waals surface area contributed by atoms with Crippen molar-refractivity contribution in [1.82, 2.24) is 10.2 Å². The van der Waals surface area contributed by atoms with Gasteiger partial charge in [0, 0.05) is 37.8 Å². The Hall–Kier alpha value is -3.19. The highest BCUT2D eigenvalue weighted by Gasteiger charge is 2.57. The molecule has 0 spiro atoms. The lowest BCUT2D eigenvalue weighted by Crippen LogP contribution is -2.55. The third-order valence-corrected chi connectivity index (χ3v) is 8.27. The van der Waals surface area contributed by atoms with Gasteiger partial charge < -0.3 is 19.7 Å². The van der Waals surface area contributed by atoms with Gasteiger partial charge in [-0.25, -0.2) is 0 Å². The Morgan fingerprint density at radius 3 is 2.60 bits per heavy atom. The molecule has 0 bridgehead atoms. The van der Waals surface area contributed by atoms with Gasteiger partial charge in [-0.05, 0) is 53.9 Å². The molecule has 0 unspecified atom stereocenters. The lowest BCUT2D eigenvalue weighted by atomic mass is 9.59. The maximum absolute atomic E-state index is 14.1. The Morgan fingerprint density at radius 2 is 1.82 bits per heavy atom. The van der Waals surface area contributed by atoms with Crippen LogP contribution in [0, 0.1) is 16.7 Å². The van der Waals surface area contributed by atoms with Crippen LogP contribution in [0.2, 0.25) is 0 Å². The molecular weight excluding hydrogens is 504 g/mol. The summed E-state index contributed by atoms with van der Waals surface area (Å²) in [7, 11) is 1.41. The van der Waals surface area contributed by atoms with Gasteiger partial charge in [0.2, 0.25) is 11.8 Å². The molecule has 216 valence electrons. The van der Waals surface area contributed by atoms with Crippen molar-refractivity contribution >= 4 is 28.6 Å². The van der Waals surface area contributed by atoms with Crippen LogP contribution in [-0.2, 0) is 30.4 Å². The second-order valence-electron chi connectivity index (χ2n) is 12.0. The summed E-state index contributed by atoms with van der Waals surface area (Å²) in [5.74, 6) is -1.26. The van der Waals surface area contributed by atoms with E-state index in [9.17, 15) is 14.4 Å². The van der Waals surface area contributed by atoms with Crippen LogP contribution in [0.25, 0.3) is 10.8 Å². The molecule has 40 heavy (non-hydrogen) atoms. The Kier molecular flexibility index (Phi) is 9.67. The van der Waals surface area contributed by atoms with E-state index in [1.807, 2.05) is 24.3 Å². The standard InChI is InChI=1S/C33H44N2O5/c1-5-6-18-40-19-10-17-34-29(36)20-26-21-33(31(38)39-4)23-32(2,3)16-15-28(33)35(30(26)37)22-25-13-9-12-24-11-7-8-14-27(24)25/h7-9,11-15,26H,5-6,10,16-23H2,1-4H3,(H,34,36)/t26-,33-/m1/s1. The van der Waals surface area contributed by atoms with E-state index in [1.165, 1.54) is 7.11 Å². The molecular formula is C33H44N2O5. The highest BCUT2D eigenvalue weighted by Crippen LogP contribution is 2.55. The van der Waals surface area contributed by atoms with Gasteiger partial charge >= 0.3 is 5.97 Å². The number of amides is 2. The van der Waals surface area contributed by atoms with E-state index < -0.39 is 11.3 Å². The number of likely N-dealkylation sites (tertiary alicyclic amines) is 1. The number of allylic oxidation sites excluding steroid dienone is 1. The number of unbranched alkanes of at least 4 members (excludes halogenated alkanes) is 1. The molecule has 1 heterocycles. The number of carbonyl (C=O) groups excluding carboxylic acids is 3. The largest absolute Gasteiger partial charge is 0.468 e. The Balaban J connectivity index is 1.59. The van der Waals surface area contributed by atoms with Crippen molar-refractivity contribution in [3.63, 3.8) is 0 Å². The molecule has 1 aliphatic carbocycles. The van der Waals surface area contributed by atoms with Gasteiger partial charge in [0.25, 0.3) is 0 Å². The van der Waals surface area contributed by atoms with Crippen molar-refractivity contribution in [2.45, 2.75) is 72.3 Å². The maximum atomic E-state index is 14.1. The number of ether oxygens (including phenoxy) is 2. The fraction of sp³-hybridized carbons (Fsp3) is 0.545. The molecule has 2 aromatic carbocycles. The summed E-state index contributed by atoms with van der Waals surface area (Å²) >= 11 is 0. The van der Waals surface area contributed by atoms with Gasteiger partial charge in [0.15, 0.2) is 0 Å². The number of methoxy groups -OCH3 is 1. The van der Waals surface area contributed by atoms with Gasteiger partial charge in [-0.2, -0.15) is 0 Å². The Bertz CT molecular complexity index is 1250. The first-order valence-corrected chi connectivity index (χ1v) is 14.6. The van der Waals surface area contributed by atoms with Crippen molar-refractivity contribution in [3.8, 4) is 0 Å². The number of fused-ring (bicyclic) bond motifs is 2. The predicted molar refractivity (Wildman–Crippen MR) is 156 cm³/mol. The van der Waals surface area contributed by atoms with Crippen molar-refractivity contribution in [2.75, 3.05) is 26.9 Å². The van der Waals surface area contributed by atoms with Crippen LogP contribution in [0.5, 0.6) is 0 Å². The fourth-order valence-electron chi connectivity index (χ4n) is 6.37. The molecule has 0 radical (unpaired) electrons. The zero-order chi connectivity index (χ0) is 28.8. The molecule has 2 amide bonds. The maximum Gasteiger partial charge on any atom is 0.317 e. The number of nitrogens with zero attached hydrogens (tertiary/aromatic N) is 1. The van der Waals surface area contributed by atoms with E-state index in [-0.39, 0.29) is 36.0 Å². The van der Waals surface area contributed by atoms with E-state index >= 15 is 0 Å². The van der Waals surface area contributed by atoms with Crippen molar-refractivity contribution in [1.29, 1.82) is 0 Å². The van der Waals surface area contributed by atoms with Gasteiger partial charge in [-0.15, -0.1) is 0 Å². The Labute approximate surface area is 238 Å². The molecule has 7 heteroatoms. The van der Waals surface area contributed by atoms with E-state index in [0.717, 1.165) is 47.9 Å². The summed E-state index contributed by atoms with van der Waals surface area (Å²) in [5, 5.41) is 5.12. The lowest BCUT2D eigenvalue weighted by Gasteiger charge is -2.51. The predicted octanol–water partition coefficient (Wildman–Crippen LogP) is 5.76. The molecule has 0 saturated carbocycles. The van der Waals surface area contributed by atoms with Crippen LogP contribution in [0.15, 0.2) is 54.2 Å². The summed E-state index contributed by atoms with van der Waals surface area (Å²) in [6, 6.07) is 14.2. The highest BCUT2D eigenvalue weighted by atomic mass is 16.5. The molecule has 2 atom stereocenters. The number of piperidine rings is 1. The fourth-order valence-corrected chi connectivity index (χ4v) is 6.37.